The highest BCUT2D eigenvalue weighted by Crippen LogP contribution is 2.19. The van der Waals surface area contributed by atoms with Crippen LogP contribution in [0.1, 0.15) is 24.8 Å². The fraction of sp³-hybridized carbons (Fsp3) is 0.429. The Morgan fingerprint density at radius 3 is 2.95 bits per heavy atom. The predicted molar refractivity (Wildman–Crippen MR) is 80.3 cm³/mol. The maximum Gasteiger partial charge on any atom is 0.179 e. The first-order chi connectivity index (χ1) is 9.70. The van der Waals surface area contributed by atoms with E-state index in [0.29, 0.717) is 0 Å². The van der Waals surface area contributed by atoms with E-state index >= 15 is 0 Å². The number of hydrogen-bond donors (Lipinski definition) is 1. The molecule has 0 saturated heterocycles. The number of imidazole rings is 1. The summed E-state index contributed by atoms with van der Waals surface area (Å²) < 4.78 is 10.1. The third kappa shape index (κ3) is 2.20. The van der Waals surface area contributed by atoms with Gasteiger partial charge in [0.25, 0.3) is 0 Å². The minimum absolute atomic E-state index is 0.747. The van der Waals surface area contributed by atoms with E-state index in [1.165, 1.54) is 0 Å². The molecule has 0 fully saturated rings. The van der Waals surface area contributed by atoms with Gasteiger partial charge in [0, 0.05) is 20.0 Å². The van der Waals surface area contributed by atoms with Crippen molar-refractivity contribution in [2.45, 2.75) is 32.7 Å². The van der Waals surface area contributed by atoms with Gasteiger partial charge in [-0.05, 0) is 30.8 Å². The molecule has 3 aromatic heterocycles. The van der Waals surface area contributed by atoms with E-state index in [9.17, 15) is 0 Å². The van der Waals surface area contributed by atoms with Crippen molar-refractivity contribution in [1.82, 2.24) is 19.3 Å². The van der Waals surface area contributed by atoms with E-state index in [1.807, 2.05) is 23.9 Å². The van der Waals surface area contributed by atoms with E-state index in [-0.39, 0.29) is 0 Å². The van der Waals surface area contributed by atoms with Crippen molar-refractivity contribution in [3.63, 3.8) is 0 Å². The van der Waals surface area contributed by atoms with Gasteiger partial charge in [0.1, 0.15) is 11.3 Å². The molecular formula is C14H18N4OS. The summed E-state index contributed by atoms with van der Waals surface area (Å²) >= 11 is 5.44. The zero-order valence-electron chi connectivity index (χ0n) is 11.7. The number of hydrogen-bond acceptors (Lipinski definition) is 3. The molecule has 6 heteroatoms. The van der Waals surface area contributed by atoms with Crippen LogP contribution in [0.15, 0.2) is 22.8 Å². The molecule has 1 N–H and O–H groups in total. The largest absolute Gasteiger partial charge is 0.469 e. The molecule has 0 radical (unpaired) electrons. The fourth-order valence-electron chi connectivity index (χ4n) is 2.57. The maximum atomic E-state index is 5.44. The van der Waals surface area contributed by atoms with Crippen LogP contribution >= 0.6 is 12.2 Å². The van der Waals surface area contributed by atoms with Gasteiger partial charge >= 0.3 is 0 Å². The van der Waals surface area contributed by atoms with Crippen molar-refractivity contribution in [2.75, 3.05) is 0 Å². The lowest BCUT2D eigenvalue weighted by atomic mass is 10.2. The first-order valence-electron chi connectivity index (χ1n) is 6.87. The van der Waals surface area contributed by atoms with Crippen LogP contribution in [0.3, 0.4) is 0 Å². The lowest BCUT2D eigenvalue weighted by Gasteiger charge is -2.03. The molecule has 20 heavy (non-hydrogen) atoms. The third-order valence-electron chi connectivity index (χ3n) is 3.47. The predicted octanol–water partition coefficient (Wildman–Crippen LogP) is 3.22. The SMILES string of the molecule is CCCc1nn(C)c2c1[nH]c(=S)n2CCc1ccco1. The van der Waals surface area contributed by atoms with Crippen LogP contribution < -0.4 is 0 Å². The van der Waals surface area contributed by atoms with E-state index in [1.54, 1.807) is 6.26 Å². The second kappa shape index (κ2) is 5.28. The zero-order chi connectivity index (χ0) is 14.1. The average molecular weight is 290 g/mol. The van der Waals surface area contributed by atoms with Crippen molar-refractivity contribution in [1.29, 1.82) is 0 Å². The Bertz CT molecular complexity index is 763. The third-order valence-corrected chi connectivity index (χ3v) is 3.79. The van der Waals surface area contributed by atoms with E-state index in [2.05, 4.69) is 21.6 Å². The highest BCUT2D eigenvalue weighted by molar-refractivity contribution is 7.71. The monoisotopic (exact) mass is 290 g/mol. The van der Waals surface area contributed by atoms with Gasteiger partial charge in [0.15, 0.2) is 10.4 Å². The van der Waals surface area contributed by atoms with Crippen LogP contribution in [0.4, 0.5) is 0 Å². The maximum absolute atomic E-state index is 5.44. The standard InChI is InChI=1S/C14H18N4OS/c1-3-5-11-12-13(17(2)16-11)18(14(20)15-12)8-7-10-6-4-9-19-10/h4,6,9H,3,5,7-8H2,1-2H3,(H,15,20). The van der Waals surface area contributed by atoms with E-state index < -0.39 is 0 Å². The molecule has 3 heterocycles. The highest BCUT2D eigenvalue weighted by atomic mass is 32.1. The number of aromatic nitrogens is 4. The second-order valence-corrected chi connectivity index (χ2v) is 5.32. The Labute approximate surface area is 122 Å². The fourth-order valence-corrected chi connectivity index (χ4v) is 2.85. The van der Waals surface area contributed by atoms with Gasteiger partial charge in [-0.3, -0.25) is 4.68 Å². The van der Waals surface area contributed by atoms with Gasteiger partial charge in [0.05, 0.1) is 12.0 Å². The molecule has 0 amide bonds. The molecule has 0 aromatic carbocycles. The van der Waals surface area contributed by atoms with Crippen LogP contribution in [0.5, 0.6) is 0 Å². The van der Waals surface area contributed by atoms with Crippen LogP contribution in [0, 0.1) is 4.77 Å². The molecule has 0 aliphatic heterocycles. The van der Waals surface area contributed by atoms with Crippen LogP contribution in [0.2, 0.25) is 0 Å². The van der Waals surface area contributed by atoms with Crippen molar-refractivity contribution in [3.8, 4) is 0 Å². The summed E-state index contributed by atoms with van der Waals surface area (Å²) in [7, 11) is 1.97. The van der Waals surface area contributed by atoms with Crippen LogP contribution in [-0.2, 0) is 26.4 Å². The molecule has 0 saturated carbocycles. The molecule has 3 aromatic rings. The van der Waals surface area contributed by atoms with Gasteiger partial charge < -0.3 is 14.0 Å². The number of nitrogens with one attached hydrogen (secondary N) is 1. The van der Waals surface area contributed by atoms with Crippen LogP contribution in [-0.4, -0.2) is 19.3 Å². The first kappa shape index (κ1) is 13.2. The highest BCUT2D eigenvalue weighted by Gasteiger charge is 2.14. The Morgan fingerprint density at radius 2 is 2.25 bits per heavy atom. The number of aryl methyl sites for hydroxylation is 4. The molecule has 106 valence electrons. The Kier molecular flexibility index (Phi) is 3.48. The Balaban J connectivity index is 1.98. The molecule has 0 aliphatic rings. The quantitative estimate of drug-likeness (QED) is 0.734. The number of aromatic amines is 1. The molecule has 0 aliphatic carbocycles. The van der Waals surface area contributed by atoms with Crippen molar-refractivity contribution >= 4 is 23.4 Å². The second-order valence-electron chi connectivity index (χ2n) is 4.93. The first-order valence-corrected chi connectivity index (χ1v) is 7.28. The summed E-state index contributed by atoms with van der Waals surface area (Å²) in [5.74, 6) is 0.970. The molecule has 0 bridgehead atoms. The van der Waals surface area contributed by atoms with Gasteiger partial charge in [0.2, 0.25) is 0 Å². The van der Waals surface area contributed by atoms with Crippen LogP contribution in [0.25, 0.3) is 11.2 Å². The molecule has 0 spiro atoms. The van der Waals surface area contributed by atoms with E-state index in [4.69, 9.17) is 16.6 Å². The van der Waals surface area contributed by atoms with Crippen molar-refractivity contribution in [3.05, 3.63) is 34.6 Å². The topological polar surface area (TPSA) is 51.7 Å². The molecule has 0 unspecified atom stereocenters. The Hall–Kier alpha value is -1.82. The lowest BCUT2D eigenvalue weighted by Crippen LogP contribution is -2.05. The number of H-pyrrole nitrogens is 1. The molecule has 3 rings (SSSR count). The molecule has 5 nitrogen and oxygen atoms in total. The van der Waals surface area contributed by atoms with Crippen molar-refractivity contribution < 1.29 is 4.42 Å². The minimum Gasteiger partial charge on any atom is -0.469 e. The van der Waals surface area contributed by atoms with Gasteiger partial charge in [-0.2, -0.15) is 5.10 Å². The average Bonchev–Trinajstić information content (AvgIpc) is 3.08. The summed E-state index contributed by atoms with van der Waals surface area (Å²) in [6.07, 6.45) is 4.56. The number of fused-ring (bicyclic) bond motifs is 1. The summed E-state index contributed by atoms with van der Waals surface area (Å²) in [5, 5.41) is 4.58. The number of furan rings is 1. The molecule has 0 atom stereocenters. The minimum atomic E-state index is 0.747. The summed E-state index contributed by atoms with van der Waals surface area (Å²) in [6, 6.07) is 3.89. The zero-order valence-corrected chi connectivity index (χ0v) is 12.5. The van der Waals surface area contributed by atoms with Gasteiger partial charge in [-0.15, -0.1) is 0 Å². The molecular weight excluding hydrogens is 272 g/mol. The number of nitrogens with zero attached hydrogens (tertiary/aromatic N) is 3. The van der Waals surface area contributed by atoms with Crippen molar-refractivity contribution in [2.24, 2.45) is 7.05 Å². The smallest absolute Gasteiger partial charge is 0.179 e. The van der Waals surface area contributed by atoms with E-state index in [0.717, 1.165) is 53.2 Å². The summed E-state index contributed by atoms with van der Waals surface area (Å²) in [5.41, 5.74) is 3.22. The normalized spacial score (nSPS) is 11.5. The Morgan fingerprint density at radius 1 is 1.40 bits per heavy atom. The summed E-state index contributed by atoms with van der Waals surface area (Å²) in [6.45, 7) is 2.94. The lowest BCUT2D eigenvalue weighted by molar-refractivity contribution is 0.490. The number of rotatable bonds is 5. The summed E-state index contributed by atoms with van der Waals surface area (Å²) in [4.78, 5) is 3.30. The van der Waals surface area contributed by atoms with Gasteiger partial charge in [-0.25, -0.2) is 0 Å². The van der Waals surface area contributed by atoms with Gasteiger partial charge in [-0.1, -0.05) is 13.3 Å².